The number of hydrogen-bond donors (Lipinski definition) is 1. The maximum atomic E-state index is 12.6. The van der Waals surface area contributed by atoms with Gasteiger partial charge in [0.2, 0.25) is 10.0 Å². The molecule has 0 aliphatic rings. The molecule has 1 heterocycles. The number of sulfonamides is 1. The molecule has 0 fully saturated rings. The molecule has 0 radical (unpaired) electrons. The summed E-state index contributed by atoms with van der Waals surface area (Å²) < 4.78 is 47.6. The molecule has 15 heavy (non-hydrogen) atoms. The SMILES string of the molecule is NS(=O)(=O)c1c(I)ncc(I)c1C(F)F. The number of rotatable bonds is 2. The van der Waals surface area contributed by atoms with Crippen LogP contribution in [0.3, 0.4) is 0 Å². The number of hydrogen-bond acceptors (Lipinski definition) is 3. The van der Waals surface area contributed by atoms with Gasteiger partial charge in [-0.2, -0.15) is 0 Å². The van der Waals surface area contributed by atoms with Gasteiger partial charge >= 0.3 is 0 Å². The number of alkyl halides is 2. The molecule has 0 aromatic carbocycles. The summed E-state index contributed by atoms with van der Waals surface area (Å²) in [6, 6.07) is 0. The highest BCUT2D eigenvalue weighted by atomic mass is 127. The first-order valence-electron chi connectivity index (χ1n) is 3.40. The minimum atomic E-state index is -4.19. The molecule has 4 nitrogen and oxygen atoms in total. The van der Waals surface area contributed by atoms with Crippen molar-refractivity contribution in [3.05, 3.63) is 19.0 Å². The molecule has 84 valence electrons. The van der Waals surface area contributed by atoms with Gasteiger partial charge in [0.05, 0.1) is 5.56 Å². The van der Waals surface area contributed by atoms with Crippen molar-refractivity contribution in [1.29, 1.82) is 0 Å². The van der Waals surface area contributed by atoms with Crippen molar-refractivity contribution in [1.82, 2.24) is 4.98 Å². The van der Waals surface area contributed by atoms with Crippen LogP contribution in [-0.2, 0) is 10.0 Å². The van der Waals surface area contributed by atoms with E-state index >= 15 is 0 Å². The molecule has 0 spiro atoms. The molecule has 0 unspecified atom stereocenters. The van der Waals surface area contributed by atoms with Crippen LogP contribution < -0.4 is 5.14 Å². The van der Waals surface area contributed by atoms with E-state index in [9.17, 15) is 17.2 Å². The molecule has 0 aliphatic heterocycles. The lowest BCUT2D eigenvalue weighted by Crippen LogP contribution is -2.18. The largest absolute Gasteiger partial charge is 0.266 e. The summed E-state index contributed by atoms with van der Waals surface area (Å²) in [5, 5.41) is 4.86. The molecular weight excluding hydrogens is 456 g/mol. The second-order valence-corrected chi connectivity index (χ2v) is 6.17. The van der Waals surface area contributed by atoms with Crippen LogP contribution in [0.4, 0.5) is 8.78 Å². The molecule has 9 heteroatoms. The molecule has 0 atom stereocenters. The Morgan fingerprint density at radius 1 is 1.40 bits per heavy atom. The first-order valence-corrected chi connectivity index (χ1v) is 7.10. The van der Waals surface area contributed by atoms with Crippen molar-refractivity contribution in [2.45, 2.75) is 11.3 Å². The average molecular weight is 460 g/mol. The maximum Gasteiger partial charge on any atom is 0.266 e. The van der Waals surface area contributed by atoms with E-state index in [-0.39, 0.29) is 7.27 Å². The zero-order valence-corrected chi connectivity index (χ0v) is 12.0. The van der Waals surface area contributed by atoms with Crippen molar-refractivity contribution in [2.75, 3.05) is 0 Å². The quantitative estimate of drug-likeness (QED) is 0.542. The van der Waals surface area contributed by atoms with Crippen LogP contribution in [0, 0.1) is 7.27 Å². The summed E-state index contributed by atoms with van der Waals surface area (Å²) in [5.74, 6) is 0. The predicted molar refractivity (Wildman–Crippen MR) is 66.0 cm³/mol. The topological polar surface area (TPSA) is 73.1 Å². The lowest BCUT2D eigenvalue weighted by Gasteiger charge is -2.10. The fourth-order valence-corrected chi connectivity index (χ4v) is 3.91. The predicted octanol–water partition coefficient (Wildman–Crippen LogP) is 1.88. The van der Waals surface area contributed by atoms with Crippen LogP contribution >= 0.6 is 45.2 Å². The molecule has 1 aromatic heterocycles. The summed E-state index contributed by atoms with van der Waals surface area (Å²) in [5.41, 5.74) is -0.586. The second-order valence-electron chi connectivity index (χ2n) is 2.49. The Hall–Kier alpha value is 0.380. The number of primary sulfonamides is 1. The van der Waals surface area contributed by atoms with Gasteiger partial charge in [0.1, 0.15) is 8.60 Å². The van der Waals surface area contributed by atoms with Gasteiger partial charge in [-0.25, -0.2) is 27.3 Å². The van der Waals surface area contributed by atoms with Crippen molar-refractivity contribution >= 4 is 55.2 Å². The summed E-state index contributed by atoms with van der Waals surface area (Å²) in [6.45, 7) is 0. The summed E-state index contributed by atoms with van der Waals surface area (Å²) >= 11 is 3.15. The normalized spacial score (nSPS) is 12.1. The van der Waals surface area contributed by atoms with Gasteiger partial charge in [-0.15, -0.1) is 0 Å². The molecule has 0 saturated carbocycles. The first kappa shape index (κ1) is 13.4. The van der Waals surface area contributed by atoms with Crippen LogP contribution in [0.15, 0.2) is 11.1 Å². The molecule has 1 aromatic rings. The molecular formula is C6H4F2I2N2O2S. The monoisotopic (exact) mass is 460 g/mol. The highest BCUT2D eigenvalue weighted by molar-refractivity contribution is 14.1. The highest BCUT2D eigenvalue weighted by Crippen LogP contribution is 2.32. The molecule has 0 bridgehead atoms. The number of halogens is 4. The smallest absolute Gasteiger partial charge is 0.248 e. The Bertz CT molecular complexity index is 492. The van der Waals surface area contributed by atoms with E-state index in [1.165, 1.54) is 6.20 Å². The first-order chi connectivity index (χ1) is 6.75. The average Bonchev–Trinajstić information content (AvgIpc) is 2.05. The maximum absolute atomic E-state index is 12.6. The molecule has 1 rings (SSSR count). The second kappa shape index (κ2) is 4.71. The lowest BCUT2D eigenvalue weighted by atomic mass is 10.3. The van der Waals surface area contributed by atoms with Crippen LogP contribution in [0.1, 0.15) is 12.0 Å². The molecule has 0 amide bonds. The minimum Gasteiger partial charge on any atom is -0.248 e. The van der Waals surface area contributed by atoms with E-state index < -0.39 is 26.9 Å². The van der Waals surface area contributed by atoms with Crippen molar-refractivity contribution < 1.29 is 17.2 Å². The van der Waals surface area contributed by atoms with Gasteiger partial charge in [-0.05, 0) is 45.2 Å². The van der Waals surface area contributed by atoms with Crippen LogP contribution in [0.5, 0.6) is 0 Å². The van der Waals surface area contributed by atoms with E-state index in [2.05, 4.69) is 4.98 Å². The fourth-order valence-electron chi connectivity index (χ4n) is 0.935. The van der Waals surface area contributed by atoms with Gasteiger partial charge in [-0.3, -0.25) is 0 Å². The number of nitrogens with two attached hydrogens (primary N) is 1. The zero-order chi connectivity index (χ0) is 11.8. The summed E-state index contributed by atoms with van der Waals surface area (Å²) in [7, 11) is -4.19. The third-order valence-electron chi connectivity index (χ3n) is 1.48. The minimum absolute atomic E-state index is 0.0502. The van der Waals surface area contributed by atoms with Gasteiger partial charge in [0.15, 0.2) is 0 Å². The van der Waals surface area contributed by atoms with Crippen molar-refractivity contribution in [3.8, 4) is 0 Å². The Morgan fingerprint density at radius 3 is 2.27 bits per heavy atom. The highest BCUT2D eigenvalue weighted by Gasteiger charge is 2.26. The fraction of sp³-hybridized carbons (Fsp3) is 0.167. The Labute approximate surface area is 112 Å². The number of pyridine rings is 1. The molecule has 2 N–H and O–H groups in total. The van der Waals surface area contributed by atoms with Crippen molar-refractivity contribution in [2.24, 2.45) is 5.14 Å². The molecule has 0 saturated heterocycles. The Morgan fingerprint density at radius 2 is 1.93 bits per heavy atom. The van der Waals surface area contributed by atoms with Crippen molar-refractivity contribution in [3.63, 3.8) is 0 Å². The Balaban J connectivity index is 3.68. The van der Waals surface area contributed by atoms with E-state index in [1.807, 2.05) is 0 Å². The van der Waals surface area contributed by atoms with E-state index in [1.54, 1.807) is 45.2 Å². The van der Waals surface area contributed by atoms with E-state index in [0.717, 1.165) is 0 Å². The third kappa shape index (κ3) is 2.94. The third-order valence-corrected chi connectivity index (χ3v) is 4.51. The van der Waals surface area contributed by atoms with Crippen LogP contribution in [0.2, 0.25) is 0 Å². The van der Waals surface area contributed by atoms with Gasteiger partial charge < -0.3 is 0 Å². The summed E-state index contributed by atoms with van der Waals surface area (Å²) in [4.78, 5) is 3.08. The van der Waals surface area contributed by atoms with Gasteiger partial charge in [0, 0.05) is 9.77 Å². The van der Waals surface area contributed by atoms with Gasteiger partial charge in [-0.1, -0.05) is 0 Å². The number of aromatic nitrogens is 1. The summed E-state index contributed by atoms with van der Waals surface area (Å²) in [6.07, 6.45) is -1.72. The lowest BCUT2D eigenvalue weighted by molar-refractivity contribution is 0.146. The standard InChI is InChI=1S/C6H4F2I2N2O2S/c7-5(8)3-2(9)1-12-6(10)4(3)15(11,13)14/h1,5H,(H2,11,13,14). The van der Waals surface area contributed by atoms with Gasteiger partial charge in [0.25, 0.3) is 6.43 Å². The van der Waals surface area contributed by atoms with Crippen LogP contribution in [0.25, 0.3) is 0 Å². The number of nitrogens with zero attached hydrogens (tertiary/aromatic N) is 1. The Kier molecular flexibility index (Phi) is 4.22. The van der Waals surface area contributed by atoms with Crippen LogP contribution in [-0.4, -0.2) is 13.4 Å². The zero-order valence-electron chi connectivity index (χ0n) is 6.92. The van der Waals surface area contributed by atoms with E-state index in [4.69, 9.17) is 5.14 Å². The van der Waals surface area contributed by atoms with E-state index in [0.29, 0.717) is 0 Å². The molecule has 0 aliphatic carbocycles.